The average Bonchev–Trinajstić information content (AvgIpc) is 3.50. The smallest absolute Gasteiger partial charge is 0.252 e. The van der Waals surface area contributed by atoms with E-state index in [1.807, 2.05) is 0 Å². The predicted octanol–water partition coefficient (Wildman–Crippen LogP) is 17.4. The van der Waals surface area contributed by atoms with Crippen LogP contribution < -0.4 is 26.2 Å². The third-order valence-corrected chi connectivity index (χ3v) is 15.2. The van der Waals surface area contributed by atoms with Gasteiger partial charge in [0.05, 0.1) is 0 Å². The van der Waals surface area contributed by atoms with Gasteiger partial charge in [0.1, 0.15) is 0 Å². The fourth-order valence-corrected chi connectivity index (χ4v) is 11.6. The third kappa shape index (κ3) is 8.03. The van der Waals surface area contributed by atoms with Crippen LogP contribution in [0.3, 0.4) is 0 Å². The number of fused-ring (bicyclic) bond motifs is 4. The maximum Gasteiger partial charge on any atom is 0.252 e. The molecule has 0 atom stereocenters. The number of hydrogen-bond acceptors (Lipinski definition) is 2. The van der Waals surface area contributed by atoms with Crippen LogP contribution in [0.1, 0.15) is 0 Å². The second-order valence-electron chi connectivity index (χ2n) is 19.7. The molecule has 0 fully saturated rings. The summed E-state index contributed by atoms with van der Waals surface area (Å²) in [5.74, 6) is 0. The Balaban J connectivity index is 1.11. The Morgan fingerprint density at radius 3 is 0.707 bits per heavy atom. The van der Waals surface area contributed by atoms with Crippen molar-refractivity contribution in [2.24, 2.45) is 0 Å². The van der Waals surface area contributed by atoms with Gasteiger partial charge in [0.15, 0.2) is 0 Å². The van der Waals surface area contributed by atoms with Gasteiger partial charge in [-0.2, -0.15) is 0 Å². The predicted molar refractivity (Wildman–Crippen MR) is 319 cm³/mol. The molecule has 12 aromatic rings. The molecule has 0 saturated carbocycles. The van der Waals surface area contributed by atoms with Crippen molar-refractivity contribution >= 4 is 57.2 Å². The van der Waals surface area contributed by atoms with Gasteiger partial charge in [0.25, 0.3) is 6.71 Å². The largest absolute Gasteiger partial charge is 0.311 e. The first kappa shape index (κ1) is 44.0. The average molecular weight is 953 g/mol. The van der Waals surface area contributed by atoms with Crippen LogP contribution in [0.15, 0.2) is 297 Å². The van der Waals surface area contributed by atoms with Gasteiger partial charge in [0.2, 0.25) is 0 Å². The maximum atomic E-state index is 2.58. The molecule has 0 saturated heterocycles. The van der Waals surface area contributed by atoms with Crippen molar-refractivity contribution in [1.82, 2.24) is 0 Å². The van der Waals surface area contributed by atoms with Crippen LogP contribution in [0.2, 0.25) is 0 Å². The summed E-state index contributed by atoms with van der Waals surface area (Å²) in [5.41, 5.74) is 27.0. The highest BCUT2D eigenvalue weighted by Gasteiger charge is 2.44. The lowest BCUT2D eigenvalue weighted by molar-refractivity contribution is 1.25. The van der Waals surface area contributed by atoms with Gasteiger partial charge in [0, 0.05) is 34.1 Å². The van der Waals surface area contributed by atoms with Crippen molar-refractivity contribution in [2.45, 2.75) is 0 Å². The van der Waals surface area contributed by atoms with E-state index in [9.17, 15) is 0 Å². The zero-order valence-electron chi connectivity index (χ0n) is 41.3. The Kier molecular flexibility index (Phi) is 11.0. The van der Waals surface area contributed by atoms with Gasteiger partial charge in [-0.1, -0.05) is 237 Å². The van der Waals surface area contributed by atoms with Crippen molar-refractivity contribution in [2.75, 3.05) is 9.80 Å². The van der Waals surface area contributed by atoms with Crippen LogP contribution in [-0.4, -0.2) is 6.71 Å². The fraction of sp³-hybridized carbons (Fsp3) is 0. The topological polar surface area (TPSA) is 6.48 Å². The molecule has 2 aliphatic rings. The number of hydrogen-bond donors (Lipinski definition) is 0. The molecule has 0 bridgehead atoms. The van der Waals surface area contributed by atoms with Crippen molar-refractivity contribution in [3.63, 3.8) is 0 Å². The highest BCUT2D eigenvalue weighted by molar-refractivity contribution is 7.00. The Bertz CT molecular complexity index is 3680. The highest BCUT2D eigenvalue weighted by Crippen LogP contribution is 2.49. The SMILES string of the molecule is c1ccc(-c2cc(-c3ccccc3)cc(N3c4cc(-c5ccccc5)ccc4B4c5ccc(-c6ccccc6)cc5N(c5cc(-c6ccccc6)cc(-c6ccccc6)c5)c5cc(-c6ccccc6)cc3c54)c2)cc1. The molecule has 0 aromatic heterocycles. The molecule has 75 heavy (non-hydrogen) atoms. The molecule has 2 heterocycles. The summed E-state index contributed by atoms with van der Waals surface area (Å²) in [6, 6.07) is 110. The van der Waals surface area contributed by atoms with Crippen LogP contribution >= 0.6 is 0 Å². The number of nitrogens with zero attached hydrogens (tertiary/aromatic N) is 2. The first-order valence-corrected chi connectivity index (χ1v) is 25.9. The van der Waals surface area contributed by atoms with Crippen LogP contribution in [-0.2, 0) is 0 Å². The lowest BCUT2D eigenvalue weighted by atomic mass is 9.33. The summed E-state index contributed by atoms with van der Waals surface area (Å²) in [7, 11) is 0. The minimum absolute atomic E-state index is 0.0937. The van der Waals surface area contributed by atoms with Gasteiger partial charge in [-0.15, -0.1) is 0 Å². The lowest BCUT2D eigenvalue weighted by Gasteiger charge is -2.45. The minimum Gasteiger partial charge on any atom is -0.311 e. The molecule has 12 aromatic carbocycles. The lowest BCUT2D eigenvalue weighted by Crippen LogP contribution is -2.61. The molecular formula is C72H49BN2. The first-order valence-electron chi connectivity index (χ1n) is 25.9. The number of rotatable bonds is 9. The van der Waals surface area contributed by atoms with Crippen LogP contribution in [0, 0.1) is 0 Å². The Morgan fingerprint density at radius 2 is 0.427 bits per heavy atom. The normalized spacial score (nSPS) is 12.2. The monoisotopic (exact) mass is 952 g/mol. The van der Waals surface area contributed by atoms with Crippen LogP contribution in [0.5, 0.6) is 0 Å². The fourth-order valence-electron chi connectivity index (χ4n) is 11.6. The zero-order chi connectivity index (χ0) is 49.7. The van der Waals surface area contributed by atoms with E-state index in [0.717, 1.165) is 56.1 Å². The second kappa shape index (κ2) is 18.7. The Morgan fingerprint density at radius 1 is 0.187 bits per heavy atom. The minimum atomic E-state index is -0.0937. The zero-order valence-corrected chi connectivity index (χ0v) is 41.3. The van der Waals surface area contributed by atoms with Gasteiger partial charge in [-0.25, -0.2) is 0 Å². The van der Waals surface area contributed by atoms with E-state index in [2.05, 4.69) is 307 Å². The van der Waals surface area contributed by atoms with E-state index in [-0.39, 0.29) is 6.71 Å². The first-order chi connectivity index (χ1) is 37.2. The second-order valence-corrected chi connectivity index (χ2v) is 19.7. The van der Waals surface area contributed by atoms with Gasteiger partial charge in [-0.3, -0.25) is 0 Å². The molecule has 2 aliphatic heterocycles. The van der Waals surface area contributed by atoms with E-state index < -0.39 is 0 Å². The molecule has 3 heteroatoms. The van der Waals surface area contributed by atoms with Crippen molar-refractivity contribution < 1.29 is 0 Å². The molecule has 14 rings (SSSR count). The van der Waals surface area contributed by atoms with E-state index in [0.29, 0.717) is 0 Å². The molecule has 0 aliphatic carbocycles. The van der Waals surface area contributed by atoms with Gasteiger partial charge >= 0.3 is 0 Å². The van der Waals surface area contributed by atoms with Crippen LogP contribution in [0.4, 0.5) is 34.1 Å². The highest BCUT2D eigenvalue weighted by atomic mass is 15.2. The summed E-state index contributed by atoms with van der Waals surface area (Å²) >= 11 is 0. The summed E-state index contributed by atoms with van der Waals surface area (Å²) in [6.07, 6.45) is 0. The molecule has 0 unspecified atom stereocenters. The maximum absolute atomic E-state index is 2.58. The standard InChI is InChI=1S/C72H49BN2/c1-8-22-50(23-9-1)57-36-38-66-68(46-57)74(64-42-59(52-26-12-3-13-27-52)40-60(43-64)53-28-14-4-15-29-53)70-48-63(56-34-20-7-21-35-56)49-71-72(70)73(66)67-39-37-58(51-24-10-2-11-25-51)47-69(67)75(71)65-44-61(54-30-16-5-17-31-54)41-62(45-65)55-32-18-6-19-33-55/h1-49H. The van der Waals surface area contributed by atoms with E-state index in [1.165, 1.54) is 72.3 Å². The molecule has 350 valence electrons. The molecule has 0 N–H and O–H groups in total. The van der Waals surface area contributed by atoms with Crippen LogP contribution in [0.25, 0.3) is 77.9 Å². The Labute approximate surface area is 439 Å². The van der Waals surface area contributed by atoms with E-state index >= 15 is 0 Å². The molecule has 0 spiro atoms. The van der Waals surface area contributed by atoms with Crippen molar-refractivity contribution in [1.29, 1.82) is 0 Å². The summed E-state index contributed by atoms with van der Waals surface area (Å²) in [6.45, 7) is -0.0937. The number of benzene rings is 12. The van der Waals surface area contributed by atoms with Gasteiger partial charge in [-0.05, 0) is 155 Å². The van der Waals surface area contributed by atoms with E-state index in [4.69, 9.17) is 0 Å². The quantitative estimate of drug-likeness (QED) is 0.133. The molecule has 0 radical (unpaired) electrons. The third-order valence-electron chi connectivity index (χ3n) is 15.2. The Hall–Kier alpha value is -9.70. The summed E-state index contributed by atoms with van der Waals surface area (Å²) < 4.78 is 0. The number of anilines is 6. The summed E-state index contributed by atoms with van der Waals surface area (Å²) in [5, 5.41) is 0. The molecule has 0 amide bonds. The van der Waals surface area contributed by atoms with Gasteiger partial charge < -0.3 is 9.80 Å². The van der Waals surface area contributed by atoms with E-state index in [1.54, 1.807) is 0 Å². The van der Waals surface area contributed by atoms with Crippen molar-refractivity contribution in [3.8, 4) is 77.9 Å². The molecule has 2 nitrogen and oxygen atoms in total. The summed E-state index contributed by atoms with van der Waals surface area (Å²) in [4.78, 5) is 5.17. The van der Waals surface area contributed by atoms with Crippen molar-refractivity contribution in [3.05, 3.63) is 297 Å². The molecular weight excluding hydrogens is 904 g/mol.